The van der Waals surface area contributed by atoms with Crippen molar-refractivity contribution >= 4 is 12.0 Å². The van der Waals surface area contributed by atoms with Crippen LogP contribution in [0, 0.1) is 5.92 Å². The molecule has 0 aromatic rings. The molecule has 0 radical (unpaired) electrons. The topological polar surface area (TPSA) is 108 Å². The highest BCUT2D eigenvalue weighted by molar-refractivity contribution is 5.85. The number of carbonyl (C=O) groups excluding carboxylic acids is 1. The standard InChI is InChI=1S/C15H30N2O6/c1-5-11(4)8-17(9-13(22-6-2)23-7-3)14(19)12(10-18)16-15(20)21/h11-13,16,18H,5-10H2,1-4H3,(H,20,21). The Morgan fingerprint density at radius 2 is 1.70 bits per heavy atom. The van der Waals surface area contributed by atoms with E-state index in [-0.39, 0.29) is 12.5 Å². The Bertz CT molecular complexity index is 347. The number of rotatable bonds is 12. The number of hydrogen-bond acceptors (Lipinski definition) is 5. The number of nitrogens with one attached hydrogen (secondary N) is 1. The van der Waals surface area contributed by atoms with Gasteiger partial charge in [0.25, 0.3) is 0 Å². The average Bonchev–Trinajstić information content (AvgIpc) is 2.51. The molecule has 8 nitrogen and oxygen atoms in total. The zero-order chi connectivity index (χ0) is 17.8. The fourth-order valence-electron chi connectivity index (χ4n) is 2.02. The van der Waals surface area contributed by atoms with E-state index < -0.39 is 30.9 Å². The number of ether oxygens (including phenoxy) is 2. The van der Waals surface area contributed by atoms with Crippen LogP contribution in [0.2, 0.25) is 0 Å². The van der Waals surface area contributed by atoms with E-state index in [1.807, 2.05) is 33.0 Å². The zero-order valence-electron chi connectivity index (χ0n) is 14.4. The quantitative estimate of drug-likeness (QED) is 0.457. The lowest BCUT2D eigenvalue weighted by atomic mass is 10.1. The first kappa shape index (κ1) is 21.6. The molecule has 0 bridgehead atoms. The number of amides is 2. The minimum absolute atomic E-state index is 0.183. The smallest absolute Gasteiger partial charge is 0.405 e. The fourth-order valence-corrected chi connectivity index (χ4v) is 2.02. The summed E-state index contributed by atoms with van der Waals surface area (Å²) in [7, 11) is 0. The summed E-state index contributed by atoms with van der Waals surface area (Å²) in [4.78, 5) is 24.8. The number of hydrogen-bond donors (Lipinski definition) is 3. The van der Waals surface area contributed by atoms with Crippen LogP contribution in [0.15, 0.2) is 0 Å². The summed E-state index contributed by atoms with van der Waals surface area (Å²) in [5.74, 6) is -0.258. The molecule has 2 unspecified atom stereocenters. The Labute approximate surface area is 137 Å². The van der Waals surface area contributed by atoms with Crippen LogP contribution in [-0.2, 0) is 14.3 Å². The predicted octanol–water partition coefficient (Wildman–Crippen LogP) is 0.889. The normalized spacial score (nSPS) is 13.7. The minimum Gasteiger partial charge on any atom is -0.465 e. The van der Waals surface area contributed by atoms with Gasteiger partial charge in [-0.15, -0.1) is 0 Å². The van der Waals surface area contributed by atoms with E-state index in [4.69, 9.17) is 14.6 Å². The highest BCUT2D eigenvalue weighted by Gasteiger charge is 2.28. The molecule has 0 aromatic carbocycles. The van der Waals surface area contributed by atoms with Gasteiger partial charge in [-0.25, -0.2) is 4.79 Å². The third-order valence-corrected chi connectivity index (χ3v) is 3.39. The van der Waals surface area contributed by atoms with Crippen LogP contribution in [0.3, 0.4) is 0 Å². The van der Waals surface area contributed by atoms with Crippen LogP contribution in [0.1, 0.15) is 34.1 Å². The SMILES string of the molecule is CCOC(CN(CC(C)CC)C(=O)C(CO)NC(=O)O)OCC. The van der Waals surface area contributed by atoms with Gasteiger partial charge in [-0.3, -0.25) is 4.79 Å². The first-order valence-electron chi connectivity index (χ1n) is 8.01. The molecule has 0 aromatic heterocycles. The number of carboxylic acid groups (broad SMARTS) is 1. The second-order valence-electron chi connectivity index (χ2n) is 5.28. The summed E-state index contributed by atoms with van der Waals surface area (Å²) < 4.78 is 10.9. The Morgan fingerprint density at radius 1 is 1.13 bits per heavy atom. The molecule has 0 fully saturated rings. The summed E-state index contributed by atoms with van der Waals surface area (Å²) in [6.07, 6.45) is -1.07. The lowest BCUT2D eigenvalue weighted by Crippen LogP contribution is -2.53. The third kappa shape index (κ3) is 8.73. The molecule has 23 heavy (non-hydrogen) atoms. The number of aliphatic hydroxyl groups excluding tert-OH is 1. The van der Waals surface area contributed by atoms with Gasteiger partial charge in [-0.1, -0.05) is 20.3 Å². The highest BCUT2D eigenvalue weighted by Crippen LogP contribution is 2.09. The van der Waals surface area contributed by atoms with Crippen molar-refractivity contribution in [2.24, 2.45) is 5.92 Å². The van der Waals surface area contributed by atoms with Crippen molar-refractivity contribution in [3.63, 3.8) is 0 Å². The molecular weight excluding hydrogens is 304 g/mol. The molecule has 136 valence electrons. The lowest BCUT2D eigenvalue weighted by molar-refractivity contribution is -0.161. The molecule has 8 heteroatoms. The van der Waals surface area contributed by atoms with Gasteiger partial charge in [-0.2, -0.15) is 0 Å². The van der Waals surface area contributed by atoms with Crippen LogP contribution in [0.25, 0.3) is 0 Å². The van der Waals surface area contributed by atoms with Crippen molar-refractivity contribution < 1.29 is 29.3 Å². The van der Waals surface area contributed by atoms with Gasteiger partial charge in [-0.05, 0) is 19.8 Å². The summed E-state index contributed by atoms with van der Waals surface area (Å²) in [5.41, 5.74) is 0. The van der Waals surface area contributed by atoms with Crippen molar-refractivity contribution in [2.45, 2.75) is 46.4 Å². The molecule has 3 N–H and O–H groups in total. The van der Waals surface area contributed by atoms with Crippen LogP contribution in [0.5, 0.6) is 0 Å². The summed E-state index contributed by atoms with van der Waals surface area (Å²) in [6, 6.07) is -1.19. The van der Waals surface area contributed by atoms with Gasteiger partial charge < -0.3 is 29.9 Å². The average molecular weight is 334 g/mol. The van der Waals surface area contributed by atoms with Gasteiger partial charge in [0.2, 0.25) is 5.91 Å². The van der Waals surface area contributed by atoms with Gasteiger partial charge in [0, 0.05) is 19.8 Å². The maximum Gasteiger partial charge on any atom is 0.405 e. The fraction of sp³-hybridized carbons (Fsp3) is 0.867. The molecule has 2 amide bonds. The van der Waals surface area contributed by atoms with Crippen molar-refractivity contribution in [2.75, 3.05) is 32.9 Å². The van der Waals surface area contributed by atoms with Crippen LogP contribution in [-0.4, -0.2) is 72.4 Å². The monoisotopic (exact) mass is 334 g/mol. The van der Waals surface area contributed by atoms with E-state index in [0.717, 1.165) is 6.42 Å². The van der Waals surface area contributed by atoms with Crippen molar-refractivity contribution in [3.05, 3.63) is 0 Å². The molecule has 0 aliphatic carbocycles. The number of aliphatic hydroxyl groups is 1. The molecule has 2 atom stereocenters. The molecule has 0 spiro atoms. The minimum atomic E-state index is -1.35. The summed E-state index contributed by atoms with van der Waals surface area (Å²) in [6.45, 7) is 8.55. The number of carbonyl (C=O) groups is 2. The van der Waals surface area contributed by atoms with Gasteiger partial charge >= 0.3 is 6.09 Å². The third-order valence-electron chi connectivity index (χ3n) is 3.39. The van der Waals surface area contributed by atoms with Gasteiger partial charge in [0.05, 0.1) is 13.2 Å². The van der Waals surface area contributed by atoms with E-state index >= 15 is 0 Å². The highest BCUT2D eigenvalue weighted by atomic mass is 16.7. The van der Waals surface area contributed by atoms with Crippen LogP contribution in [0.4, 0.5) is 4.79 Å². The van der Waals surface area contributed by atoms with Gasteiger partial charge in [0.15, 0.2) is 6.29 Å². The van der Waals surface area contributed by atoms with E-state index in [2.05, 4.69) is 0 Å². The first-order valence-corrected chi connectivity index (χ1v) is 8.01. The maximum atomic E-state index is 12.5. The number of nitrogens with zero attached hydrogens (tertiary/aromatic N) is 1. The predicted molar refractivity (Wildman–Crippen MR) is 85.1 cm³/mol. The van der Waals surface area contributed by atoms with E-state index in [1.54, 1.807) is 0 Å². The van der Waals surface area contributed by atoms with Gasteiger partial charge in [0.1, 0.15) is 6.04 Å². The Hall–Kier alpha value is -1.38. The van der Waals surface area contributed by atoms with Crippen molar-refractivity contribution in [1.29, 1.82) is 0 Å². The second-order valence-corrected chi connectivity index (χ2v) is 5.28. The summed E-state index contributed by atoms with van der Waals surface area (Å²) in [5, 5.41) is 20.1. The lowest BCUT2D eigenvalue weighted by Gasteiger charge is -2.31. The molecule has 0 aliphatic rings. The Balaban J connectivity index is 5.08. The molecule has 0 saturated carbocycles. The molecule has 0 rings (SSSR count). The summed E-state index contributed by atoms with van der Waals surface area (Å²) >= 11 is 0. The van der Waals surface area contributed by atoms with E-state index in [0.29, 0.717) is 19.8 Å². The maximum absolute atomic E-state index is 12.5. The van der Waals surface area contributed by atoms with Crippen LogP contribution < -0.4 is 5.32 Å². The Kier molecular flexibility index (Phi) is 11.4. The molecule has 0 saturated heterocycles. The first-order chi connectivity index (χ1) is 10.9. The van der Waals surface area contributed by atoms with Crippen LogP contribution >= 0.6 is 0 Å². The van der Waals surface area contributed by atoms with Crippen molar-refractivity contribution in [3.8, 4) is 0 Å². The molecule has 0 heterocycles. The molecular formula is C15H30N2O6. The zero-order valence-corrected chi connectivity index (χ0v) is 14.4. The Morgan fingerprint density at radius 3 is 2.09 bits per heavy atom. The van der Waals surface area contributed by atoms with Crippen molar-refractivity contribution in [1.82, 2.24) is 10.2 Å². The molecule has 0 aliphatic heterocycles. The second kappa shape index (κ2) is 12.1. The van der Waals surface area contributed by atoms with E-state index in [1.165, 1.54) is 4.90 Å². The largest absolute Gasteiger partial charge is 0.465 e. The van der Waals surface area contributed by atoms with E-state index in [9.17, 15) is 14.7 Å².